The SMILES string of the molecule is [2H]C([2H])([2H])c1ccc(-c2ccc(-c3ccccc3-c3cc(-c4ccccc4-c4ccc(-c5ccc(C([2H])([2H])[2H])cn5)cc4)cc(-c4cc(Cl)ccc4-c4ccc(-c5cc(-c6ccc(-c7ccc(Cl)cc7-c7cc(-c8ccccc8-c8ccc(-c9ccc(C([2H])([2H])[2H])cn9)cc8)cc(-c8ccccc8-c8ccc(-c9ccc(C([2H])([2H])[2H])cn9)cc8)c7)cc6)ncn5)cc4)c3)cc2)nc1. The second-order valence-corrected chi connectivity index (χ2v) is 30.5. The van der Waals surface area contributed by atoms with E-state index in [2.05, 4.69) is 238 Å². The van der Waals surface area contributed by atoms with Gasteiger partial charge in [0.05, 0.1) is 34.2 Å². The van der Waals surface area contributed by atoms with Crippen LogP contribution < -0.4 is 0 Å². The van der Waals surface area contributed by atoms with Crippen LogP contribution in [0.1, 0.15) is 38.7 Å². The molecule has 0 aliphatic rings. The number of aromatic nitrogens is 6. The van der Waals surface area contributed by atoms with Crippen LogP contribution in [0, 0.1) is 27.4 Å². The van der Waals surface area contributed by atoms with Crippen molar-refractivity contribution in [2.24, 2.45) is 0 Å². The molecular formula is C112H78Cl2N6. The molecule has 14 aromatic carbocycles. The average Bonchev–Trinajstić information content (AvgIpc) is 0.766. The highest BCUT2D eigenvalue weighted by Crippen LogP contribution is 2.47. The predicted octanol–water partition coefficient (Wildman–Crippen LogP) is 30.6. The summed E-state index contributed by atoms with van der Waals surface area (Å²) < 4.78 is 94.8. The van der Waals surface area contributed by atoms with Gasteiger partial charge in [0, 0.05) is 84.7 Å². The Morgan fingerprint density at radius 3 is 0.583 bits per heavy atom. The molecule has 0 fully saturated rings. The molecule has 5 aromatic heterocycles. The van der Waals surface area contributed by atoms with Gasteiger partial charge >= 0.3 is 0 Å². The maximum Gasteiger partial charge on any atom is 0.116 e. The van der Waals surface area contributed by atoms with Gasteiger partial charge in [-0.3, -0.25) is 19.9 Å². The molecule has 0 N–H and O–H groups in total. The first-order valence-electron chi connectivity index (χ1n) is 45.3. The molecule has 0 bridgehead atoms. The Labute approximate surface area is 727 Å². The first-order chi connectivity index (χ1) is 63.7. The van der Waals surface area contributed by atoms with E-state index in [0.29, 0.717) is 32.8 Å². The molecule has 0 spiro atoms. The minimum atomic E-state index is -2.27. The lowest BCUT2D eigenvalue weighted by Gasteiger charge is -2.18. The van der Waals surface area contributed by atoms with Crippen molar-refractivity contribution in [2.75, 3.05) is 0 Å². The molecule has 0 saturated heterocycles. The third kappa shape index (κ3) is 15.8. The van der Waals surface area contributed by atoms with Crippen LogP contribution in [-0.2, 0) is 0 Å². The summed E-state index contributed by atoms with van der Waals surface area (Å²) in [5, 5.41) is 1.13. The fourth-order valence-corrected chi connectivity index (χ4v) is 16.3. The second kappa shape index (κ2) is 33.1. The standard InChI is InChI=1S/C112H78Cl2N6/c1-71-21-53-107(115-66-71)81-37-25-75(26-38-81)95-13-5-9-17-99(95)87-57-88(100-18-10-6-14-96(100)76-27-39-82(40-28-76)108-54-22-72(2)67-116-108)60-91(59-87)105-63-93(113)49-51-103(105)79-33-45-85(46-34-79)111-65-112(120-70-119-111)86-47-35-80(36-48-86)104-52-50-94(114)64-106(104)92-61-89(101-19-11-7-15-97(101)77-29-41-83(42-30-77)109-55-23-73(3)68-117-109)58-90(62-92)102-20-12-8-16-98(102)78-31-43-84(44-32-78)110-56-24-74(4)69-118-110/h5-70H,1-4H3/i1D3,2D3,3D3,4D3. The minimum Gasteiger partial charge on any atom is -0.256 e. The molecule has 0 radical (unpaired) electrons. The molecule has 0 aliphatic carbocycles. The first-order valence-corrected chi connectivity index (χ1v) is 40.1. The summed E-state index contributed by atoms with van der Waals surface area (Å²) in [7, 11) is 0. The van der Waals surface area contributed by atoms with Crippen LogP contribution in [-0.4, -0.2) is 29.9 Å². The fourth-order valence-electron chi connectivity index (χ4n) is 16.0. The predicted molar refractivity (Wildman–Crippen MR) is 500 cm³/mol. The van der Waals surface area contributed by atoms with Crippen LogP contribution in [0.3, 0.4) is 0 Å². The number of pyridine rings is 4. The molecule has 19 aromatic rings. The summed E-state index contributed by atoms with van der Waals surface area (Å²) in [6.45, 7) is -9.07. The van der Waals surface area contributed by atoms with Crippen LogP contribution >= 0.6 is 23.2 Å². The third-order valence-corrected chi connectivity index (χ3v) is 22.5. The van der Waals surface area contributed by atoms with Crippen molar-refractivity contribution < 1.29 is 16.4 Å². The Kier molecular flexibility index (Phi) is 17.3. The Balaban J connectivity index is 0.648. The molecule has 19 rings (SSSR count). The molecule has 0 unspecified atom stereocenters. The topological polar surface area (TPSA) is 77.3 Å². The second-order valence-electron chi connectivity index (χ2n) is 29.6. The zero-order valence-electron chi connectivity index (χ0n) is 76.5. The highest BCUT2D eigenvalue weighted by atomic mass is 35.5. The van der Waals surface area contributed by atoms with Gasteiger partial charge in [0.15, 0.2) is 0 Å². The smallest absolute Gasteiger partial charge is 0.116 e. The lowest BCUT2D eigenvalue weighted by Crippen LogP contribution is -1.93. The van der Waals surface area contributed by atoms with Crippen molar-refractivity contribution in [2.45, 2.75) is 27.4 Å². The number of hydrogen-bond donors (Lipinski definition) is 0. The third-order valence-electron chi connectivity index (χ3n) is 22.1. The van der Waals surface area contributed by atoms with E-state index in [1.54, 1.807) is 54.9 Å². The summed E-state index contributed by atoms with van der Waals surface area (Å²) in [6, 6.07) is 124. The van der Waals surface area contributed by atoms with Gasteiger partial charge in [-0.15, -0.1) is 0 Å². The first kappa shape index (κ1) is 62.6. The van der Waals surface area contributed by atoms with Gasteiger partial charge < -0.3 is 0 Å². The van der Waals surface area contributed by atoms with Crippen molar-refractivity contribution in [3.63, 3.8) is 0 Å². The number of nitrogens with zero attached hydrogens (tertiary/aromatic N) is 6. The summed E-state index contributed by atoms with van der Waals surface area (Å²) >= 11 is 14.3. The van der Waals surface area contributed by atoms with Crippen molar-refractivity contribution >= 4 is 23.2 Å². The van der Waals surface area contributed by atoms with Gasteiger partial charge in [0.1, 0.15) is 6.33 Å². The summed E-state index contributed by atoms with van der Waals surface area (Å²) in [5.41, 5.74) is 33.1. The molecule has 0 saturated carbocycles. The lowest BCUT2D eigenvalue weighted by molar-refractivity contribution is 1.18. The van der Waals surface area contributed by atoms with E-state index in [9.17, 15) is 0 Å². The summed E-state index contributed by atoms with van der Waals surface area (Å²) in [4.78, 5) is 27.9. The van der Waals surface area contributed by atoms with E-state index in [4.69, 9.17) is 49.6 Å². The maximum absolute atomic E-state index is 7.90. The average molecular weight is 1590 g/mol. The van der Waals surface area contributed by atoms with Crippen LogP contribution in [0.2, 0.25) is 10.0 Å². The monoisotopic (exact) mass is 1590 g/mol. The number of halogens is 2. The van der Waals surface area contributed by atoms with Gasteiger partial charge in [0.2, 0.25) is 0 Å². The molecule has 0 aliphatic heterocycles. The number of aryl methyl sites for hydroxylation is 4. The van der Waals surface area contributed by atoms with Gasteiger partial charge in [0.25, 0.3) is 0 Å². The van der Waals surface area contributed by atoms with Crippen LogP contribution in [0.4, 0.5) is 0 Å². The van der Waals surface area contributed by atoms with Crippen molar-refractivity contribution in [3.8, 4) is 201 Å². The van der Waals surface area contributed by atoms with Gasteiger partial charge in [-0.25, -0.2) is 9.97 Å². The molecule has 570 valence electrons. The van der Waals surface area contributed by atoms with Crippen LogP contribution in [0.15, 0.2) is 401 Å². The molecule has 0 atom stereocenters. The Hall–Kier alpha value is -14.7. The van der Waals surface area contributed by atoms with E-state index in [1.165, 1.54) is 24.8 Å². The van der Waals surface area contributed by atoms with Crippen molar-refractivity contribution in [1.82, 2.24) is 29.9 Å². The lowest BCUT2D eigenvalue weighted by atomic mass is 9.86. The Bertz CT molecular complexity index is 6730. The zero-order valence-corrected chi connectivity index (χ0v) is 66.1. The highest BCUT2D eigenvalue weighted by Gasteiger charge is 2.22. The summed E-state index contributed by atoms with van der Waals surface area (Å²) in [5.74, 6) is 0. The molecule has 6 nitrogen and oxygen atoms in total. The quantitative estimate of drug-likeness (QED) is 0.0852. The van der Waals surface area contributed by atoms with E-state index >= 15 is 0 Å². The van der Waals surface area contributed by atoms with Crippen LogP contribution in [0.5, 0.6) is 0 Å². The zero-order chi connectivity index (χ0) is 91.2. The van der Waals surface area contributed by atoms with Gasteiger partial charge in [-0.05, 0) is 274 Å². The van der Waals surface area contributed by atoms with Crippen molar-refractivity contribution in [1.29, 1.82) is 0 Å². The maximum atomic E-state index is 7.90. The number of hydrogen-bond acceptors (Lipinski definition) is 6. The largest absolute Gasteiger partial charge is 0.256 e. The van der Waals surface area contributed by atoms with Crippen LogP contribution in [0.25, 0.3) is 201 Å². The molecule has 8 heteroatoms. The van der Waals surface area contributed by atoms with E-state index in [0.717, 1.165) is 178 Å². The molecule has 5 heterocycles. The number of benzene rings is 14. The Morgan fingerprint density at radius 2 is 0.367 bits per heavy atom. The normalized spacial score (nSPS) is 13.2. The Morgan fingerprint density at radius 1 is 0.167 bits per heavy atom. The number of rotatable bonds is 18. The highest BCUT2D eigenvalue weighted by molar-refractivity contribution is 6.31. The van der Waals surface area contributed by atoms with E-state index in [1.807, 2.05) is 103 Å². The summed E-state index contributed by atoms with van der Waals surface area (Å²) in [6.07, 6.45) is 7.28. The molecular weight excluding hydrogens is 1500 g/mol. The van der Waals surface area contributed by atoms with Crippen molar-refractivity contribution in [3.05, 3.63) is 433 Å². The fraction of sp³-hybridized carbons (Fsp3) is 0.0357. The van der Waals surface area contributed by atoms with Gasteiger partial charge in [-0.1, -0.05) is 302 Å². The minimum absolute atomic E-state index is 0.180. The van der Waals surface area contributed by atoms with Gasteiger partial charge in [-0.2, -0.15) is 0 Å². The molecule has 0 amide bonds. The molecule has 120 heavy (non-hydrogen) atoms. The van der Waals surface area contributed by atoms with E-state index in [-0.39, 0.29) is 22.3 Å². The van der Waals surface area contributed by atoms with E-state index < -0.39 is 27.4 Å².